The van der Waals surface area contributed by atoms with E-state index in [4.69, 9.17) is 11.5 Å². The fourth-order valence-corrected chi connectivity index (χ4v) is 1.53. The lowest BCUT2D eigenvalue weighted by Crippen LogP contribution is -2.47. The van der Waals surface area contributed by atoms with Crippen molar-refractivity contribution in [2.45, 2.75) is 39.7 Å². The second-order valence-electron chi connectivity index (χ2n) is 4.63. The lowest BCUT2D eigenvalue weighted by Gasteiger charge is -2.25. The molecule has 5 nitrogen and oxygen atoms in total. The average Bonchev–Trinajstić information content (AvgIpc) is 2.26. The Labute approximate surface area is 109 Å². The number of rotatable bonds is 7. The van der Waals surface area contributed by atoms with Crippen LogP contribution in [-0.4, -0.2) is 41.1 Å². The van der Waals surface area contributed by atoms with Crippen LogP contribution in [0.25, 0.3) is 0 Å². The molecule has 0 radical (unpaired) electrons. The molecule has 0 bridgehead atoms. The zero-order valence-electron chi connectivity index (χ0n) is 11.3. The zero-order valence-corrected chi connectivity index (χ0v) is 11.3. The first-order valence-electron chi connectivity index (χ1n) is 6.11. The third kappa shape index (κ3) is 6.79. The number of nitrogens with one attached hydrogen (secondary N) is 1. The number of terminal acetylenes is 1. The van der Waals surface area contributed by atoms with E-state index in [0.29, 0.717) is 13.0 Å². The first kappa shape index (κ1) is 16.3. The highest BCUT2D eigenvalue weighted by atomic mass is 16.4. The minimum atomic E-state index is -1.02. The Morgan fingerprint density at radius 3 is 2.44 bits per heavy atom. The number of aliphatic carboxylic acids is 1. The van der Waals surface area contributed by atoms with Gasteiger partial charge in [0.15, 0.2) is 0 Å². The molecular formula is C13H22N2O3. The van der Waals surface area contributed by atoms with Crippen molar-refractivity contribution < 1.29 is 14.7 Å². The van der Waals surface area contributed by atoms with E-state index in [9.17, 15) is 9.59 Å². The summed E-state index contributed by atoms with van der Waals surface area (Å²) >= 11 is 0. The fourth-order valence-electron chi connectivity index (χ4n) is 1.53. The van der Waals surface area contributed by atoms with Crippen LogP contribution < -0.4 is 5.32 Å². The lowest BCUT2D eigenvalue weighted by molar-refractivity contribution is -0.137. The van der Waals surface area contributed by atoms with Crippen LogP contribution in [0.15, 0.2) is 0 Å². The van der Waals surface area contributed by atoms with Crippen molar-refractivity contribution in [1.82, 2.24) is 10.2 Å². The molecule has 0 rings (SSSR count). The van der Waals surface area contributed by atoms with Gasteiger partial charge in [0, 0.05) is 19.0 Å². The molecule has 2 N–H and O–H groups in total. The van der Waals surface area contributed by atoms with Crippen LogP contribution in [-0.2, 0) is 4.79 Å². The standard InChI is InChI=1S/C13H22N2O3/c1-5-7-11(6-2)14-13(18)15(8-10(3)4)9-12(16)17/h1,10-11H,6-9H2,2-4H3,(H,14,18)(H,16,17). The predicted molar refractivity (Wildman–Crippen MR) is 70.1 cm³/mol. The maximum absolute atomic E-state index is 11.9. The van der Waals surface area contributed by atoms with Crippen molar-refractivity contribution >= 4 is 12.0 Å². The molecule has 102 valence electrons. The number of carbonyl (C=O) groups excluding carboxylic acids is 1. The predicted octanol–water partition coefficient (Wildman–Crippen LogP) is 1.54. The first-order valence-corrected chi connectivity index (χ1v) is 6.11. The Balaban J connectivity index is 4.53. The molecule has 0 aliphatic heterocycles. The van der Waals surface area contributed by atoms with Crippen LogP contribution in [0.3, 0.4) is 0 Å². The molecule has 1 unspecified atom stereocenters. The quantitative estimate of drug-likeness (QED) is 0.677. The Kier molecular flexibility index (Phi) is 7.61. The lowest BCUT2D eigenvalue weighted by atomic mass is 10.1. The molecule has 0 aliphatic rings. The summed E-state index contributed by atoms with van der Waals surface area (Å²) in [5.41, 5.74) is 0. The van der Waals surface area contributed by atoms with E-state index in [1.54, 1.807) is 0 Å². The summed E-state index contributed by atoms with van der Waals surface area (Å²) < 4.78 is 0. The number of amides is 2. The largest absolute Gasteiger partial charge is 0.480 e. The van der Waals surface area contributed by atoms with Gasteiger partial charge in [-0.05, 0) is 12.3 Å². The fraction of sp³-hybridized carbons (Fsp3) is 0.692. The van der Waals surface area contributed by atoms with Gasteiger partial charge in [0.05, 0.1) is 0 Å². The van der Waals surface area contributed by atoms with Gasteiger partial charge in [-0.25, -0.2) is 4.79 Å². The van der Waals surface area contributed by atoms with Crippen molar-refractivity contribution in [3.8, 4) is 12.3 Å². The molecule has 0 aromatic carbocycles. The smallest absolute Gasteiger partial charge is 0.323 e. The molecule has 0 heterocycles. The molecular weight excluding hydrogens is 232 g/mol. The molecule has 0 aromatic heterocycles. The van der Waals surface area contributed by atoms with E-state index in [1.165, 1.54) is 4.90 Å². The van der Waals surface area contributed by atoms with Crippen LogP contribution in [0.4, 0.5) is 4.79 Å². The van der Waals surface area contributed by atoms with Crippen LogP contribution >= 0.6 is 0 Å². The Morgan fingerprint density at radius 2 is 2.06 bits per heavy atom. The van der Waals surface area contributed by atoms with E-state index < -0.39 is 5.97 Å². The number of carboxylic acid groups (broad SMARTS) is 1. The summed E-state index contributed by atoms with van der Waals surface area (Å²) in [4.78, 5) is 24.0. The molecule has 0 aliphatic carbocycles. The Bertz CT molecular complexity index is 321. The number of urea groups is 1. The van der Waals surface area contributed by atoms with Crippen molar-refractivity contribution in [2.24, 2.45) is 5.92 Å². The van der Waals surface area contributed by atoms with Crippen molar-refractivity contribution in [2.75, 3.05) is 13.1 Å². The minimum Gasteiger partial charge on any atom is -0.480 e. The molecule has 2 amide bonds. The molecule has 0 saturated carbocycles. The topological polar surface area (TPSA) is 69.6 Å². The van der Waals surface area contributed by atoms with E-state index in [-0.39, 0.29) is 24.5 Å². The van der Waals surface area contributed by atoms with Gasteiger partial charge in [0.25, 0.3) is 0 Å². The molecule has 0 fully saturated rings. The SMILES string of the molecule is C#CCC(CC)NC(=O)N(CC(=O)O)CC(C)C. The Morgan fingerprint density at radius 1 is 1.44 bits per heavy atom. The highest BCUT2D eigenvalue weighted by Crippen LogP contribution is 2.02. The summed E-state index contributed by atoms with van der Waals surface area (Å²) in [7, 11) is 0. The van der Waals surface area contributed by atoms with Gasteiger partial charge in [0.1, 0.15) is 6.54 Å². The Hall–Kier alpha value is -1.70. The third-order valence-corrected chi connectivity index (χ3v) is 2.38. The van der Waals surface area contributed by atoms with Gasteiger partial charge in [-0.1, -0.05) is 20.8 Å². The van der Waals surface area contributed by atoms with Gasteiger partial charge in [0.2, 0.25) is 0 Å². The van der Waals surface area contributed by atoms with Gasteiger partial charge in [-0.2, -0.15) is 0 Å². The van der Waals surface area contributed by atoms with Crippen molar-refractivity contribution in [3.63, 3.8) is 0 Å². The third-order valence-electron chi connectivity index (χ3n) is 2.38. The minimum absolute atomic E-state index is 0.106. The first-order chi connectivity index (χ1) is 8.40. The van der Waals surface area contributed by atoms with Crippen molar-refractivity contribution in [3.05, 3.63) is 0 Å². The van der Waals surface area contributed by atoms with E-state index in [0.717, 1.165) is 6.42 Å². The van der Waals surface area contributed by atoms with Crippen LogP contribution in [0, 0.1) is 18.3 Å². The maximum Gasteiger partial charge on any atom is 0.323 e. The van der Waals surface area contributed by atoms with Crippen LogP contribution in [0.1, 0.15) is 33.6 Å². The van der Waals surface area contributed by atoms with Crippen LogP contribution in [0.5, 0.6) is 0 Å². The van der Waals surface area contributed by atoms with Gasteiger partial charge < -0.3 is 15.3 Å². The van der Waals surface area contributed by atoms with Gasteiger partial charge in [-0.15, -0.1) is 12.3 Å². The average molecular weight is 254 g/mol. The highest BCUT2D eigenvalue weighted by Gasteiger charge is 2.19. The number of nitrogens with zero attached hydrogens (tertiary/aromatic N) is 1. The molecule has 1 atom stereocenters. The number of hydrogen-bond donors (Lipinski definition) is 2. The van der Waals surface area contributed by atoms with Gasteiger partial charge >= 0.3 is 12.0 Å². The summed E-state index contributed by atoms with van der Waals surface area (Å²) in [6, 6.07) is -0.473. The monoisotopic (exact) mass is 254 g/mol. The molecule has 0 spiro atoms. The summed E-state index contributed by atoms with van der Waals surface area (Å²) in [6.07, 6.45) is 6.38. The maximum atomic E-state index is 11.9. The molecule has 0 saturated heterocycles. The van der Waals surface area contributed by atoms with E-state index in [2.05, 4.69) is 11.2 Å². The second-order valence-corrected chi connectivity index (χ2v) is 4.63. The van der Waals surface area contributed by atoms with E-state index >= 15 is 0 Å². The number of carbonyl (C=O) groups is 2. The molecule has 5 heteroatoms. The zero-order chi connectivity index (χ0) is 14.1. The highest BCUT2D eigenvalue weighted by molar-refractivity contribution is 5.80. The summed E-state index contributed by atoms with van der Waals surface area (Å²) in [5, 5.41) is 11.5. The normalized spacial score (nSPS) is 11.7. The summed E-state index contributed by atoms with van der Waals surface area (Å²) in [6.45, 7) is 5.90. The van der Waals surface area contributed by atoms with Crippen LogP contribution in [0.2, 0.25) is 0 Å². The van der Waals surface area contributed by atoms with Gasteiger partial charge in [-0.3, -0.25) is 4.79 Å². The van der Waals surface area contributed by atoms with Crippen molar-refractivity contribution in [1.29, 1.82) is 0 Å². The second kappa shape index (κ2) is 8.40. The summed E-state index contributed by atoms with van der Waals surface area (Å²) in [5.74, 6) is 1.69. The van der Waals surface area contributed by atoms with E-state index in [1.807, 2.05) is 20.8 Å². The number of carboxylic acids is 1. The molecule has 0 aromatic rings. The molecule has 18 heavy (non-hydrogen) atoms. The number of hydrogen-bond acceptors (Lipinski definition) is 2.